The molecule has 0 aromatic rings. The summed E-state index contributed by atoms with van der Waals surface area (Å²) in [6.07, 6.45) is 0.378. The lowest BCUT2D eigenvalue weighted by Gasteiger charge is -2.34. The highest BCUT2D eigenvalue weighted by Gasteiger charge is 2.23. The quantitative estimate of drug-likeness (QED) is 0.333. The van der Waals surface area contributed by atoms with Gasteiger partial charge in [-0.25, -0.2) is 5.84 Å². The van der Waals surface area contributed by atoms with Crippen molar-refractivity contribution >= 4 is 5.91 Å². The Bertz CT molecular complexity index is 176. The van der Waals surface area contributed by atoms with Crippen LogP contribution >= 0.6 is 0 Å². The SMILES string of the molecule is CC1CN(CC(=O)NN)CC(C)O1. The van der Waals surface area contributed by atoms with Crippen molar-refractivity contribution in [3.05, 3.63) is 0 Å². The number of morpholine rings is 1. The minimum atomic E-state index is -0.152. The minimum Gasteiger partial charge on any atom is -0.373 e. The van der Waals surface area contributed by atoms with Gasteiger partial charge >= 0.3 is 0 Å². The summed E-state index contributed by atoms with van der Waals surface area (Å²) in [5.41, 5.74) is 2.12. The van der Waals surface area contributed by atoms with E-state index >= 15 is 0 Å². The number of hydrogen-bond donors (Lipinski definition) is 2. The number of amides is 1. The molecule has 0 saturated carbocycles. The Morgan fingerprint density at radius 2 is 2.08 bits per heavy atom. The lowest BCUT2D eigenvalue weighted by Crippen LogP contribution is -2.49. The van der Waals surface area contributed by atoms with Crippen LogP contribution in [0.15, 0.2) is 0 Å². The second-order valence-corrected chi connectivity index (χ2v) is 3.52. The molecule has 3 N–H and O–H groups in total. The number of hydrogen-bond acceptors (Lipinski definition) is 4. The van der Waals surface area contributed by atoms with Crippen LogP contribution in [0.3, 0.4) is 0 Å². The molecule has 5 heteroatoms. The largest absolute Gasteiger partial charge is 0.373 e. The van der Waals surface area contributed by atoms with Crippen LogP contribution in [-0.4, -0.2) is 42.6 Å². The summed E-state index contributed by atoms with van der Waals surface area (Å²) in [6.45, 7) is 5.94. The Kier molecular flexibility index (Phi) is 3.65. The van der Waals surface area contributed by atoms with E-state index in [1.807, 2.05) is 18.7 Å². The summed E-state index contributed by atoms with van der Waals surface area (Å²) >= 11 is 0. The summed E-state index contributed by atoms with van der Waals surface area (Å²) in [6, 6.07) is 0. The number of carbonyl (C=O) groups is 1. The molecule has 1 rings (SSSR count). The van der Waals surface area contributed by atoms with E-state index in [0.29, 0.717) is 6.54 Å². The molecule has 1 heterocycles. The van der Waals surface area contributed by atoms with Gasteiger partial charge < -0.3 is 4.74 Å². The third kappa shape index (κ3) is 3.30. The molecule has 0 spiro atoms. The van der Waals surface area contributed by atoms with E-state index in [-0.39, 0.29) is 18.1 Å². The van der Waals surface area contributed by atoms with Crippen molar-refractivity contribution in [2.75, 3.05) is 19.6 Å². The third-order valence-corrected chi connectivity index (χ3v) is 2.02. The lowest BCUT2D eigenvalue weighted by molar-refractivity contribution is -0.126. The molecule has 5 nitrogen and oxygen atoms in total. The first-order valence-electron chi connectivity index (χ1n) is 4.49. The zero-order valence-corrected chi connectivity index (χ0v) is 8.12. The summed E-state index contributed by atoms with van der Waals surface area (Å²) in [4.78, 5) is 13.0. The first-order valence-corrected chi connectivity index (χ1v) is 4.49. The van der Waals surface area contributed by atoms with E-state index in [4.69, 9.17) is 10.6 Å². The molecule has 2 atom stereocenters. The van der Waals surface area contributed by atoms with E-state index in [2.05, 4.69) is 5.43 Å². The molecular formula is C8H17N3O2. The van der Waals surface area contributed by atoms with Crippen molar-refractivity contribution in [1.82, 2.24) is 10.3 Å². The van der Waals surface area contributed by atoms with Crippen molar-refractivity contribution in [2.24, 2.45) is 5.84 Å². The van der Waals surface area contributed by atoms with Crippen LogP contribution in [0, 0.1) is 0 Å². The Labute approximate surface area is 78.2 Å². The predicted molar refractivity (Wildman–Crippen MR) is 48.8 cm³/mol. The molecule has 1 amide bonds. The summed E-state index contributed by atoms with van der Waals surface area (Å²) in [7, 11) is 0. The van der Waals surface area contributed by atoms with Crippen LogP contribution in [0.25, 0.3) is 0 Å². The monoisotopic (exact) mass is 187 g/mol. The average molecular weight is 187 g/mol. The van der Waals surface area contributed by atoms with Gasteiger partial charge in [-0.05, 0) is 13.8 Å². The van der Waals surface area contributed by atoms with Gasteiger partial charge in [-0.1, -0.05) is 0 Å². The van der Waals surface area contributed by atoms with Crippen LogP contribution < -0.4 is 11.3 Å². The van der Waals surface area contributed by atoms with Crippen molar-refractivity contribution in [1.29, 1.82) is 0 Å². The smallest absolute Gasteiger partial charge is 0.248 e. The average Bonchev–Trinajstić information content (AvgIpc) is 2.02. The molecule has 1 saturated heterocycles. The fraction of sp³-hybridized carbons (Fsp3) is 0.875. The maximum absolute atomic E-state index is 11.0. The Balaban J connectivity index is 2.37. The van der Waals surface area contributed by atoms with Gasteiger partial charge in [0, 0.05) is 13.1 Å². The maximum Gasteiger partial charge on any atom is 0.248 e. The number of nitrogens with two attached hydrogens (primary N) is 1. The second kappa shape index (κ2) is 4.55. The Morgan fingerprint density at radius 1 is 1.54 bits per heavy atom. The first-order chi connectivity index (χ1) is 6.11. The normalized spacial score (nSPS) is 30.1. The van der Waals surface area contributed by atoms with Crippen molar-refractivity contribution in [3.63, 3.8) is 0 Å². The Morgan fingerprint density at radius 3 is 2.54 bits per heavy atom. The number of rotatable bonds is 2. The molecule has 0 radical (unpaired) electrons. The van der Waals surface area contributed by atoms with Gasteiger partial charge in [-0.3, -0.25) is 15.1 Å². The summed E-state index contributed by atoms with van der Waals surface area (Å²) in [5.74, 6) is 4.85. The molecular weight excluding hydrogens is 170 g/mol. The molecule has 1 fully saturated rings. The van der Waals surface area contributed by atoms with Gasteiger partial charge in [0.25, 0.3) is 0 Å². The fourth-order valence-electron chi connectivity index (χ4n) is 1.66. The predicted octanol–water partition coefficient (Wildman–Crippen LogP) is -0.914. The minimum absolute atomic E-state index is 0.152. The number of carbonyl (C=O) groups excluding carboxylic acids is 1. The van der Waals surface area contributed by atoms with Gasteiger partial charge in [0.15, 0.2) is 0 Å². The topological polar surface area (TPSA) is 67.6 Å². The van der Waals surface area contributed by atoms with Crippen LogP contribution in [0.1, 0.15) is 13.8 Å². The van der Waals surface area contributed by atoms with Crippen molar-refractivity contribution < 1.29 is 9.53 Å². The molecule has 1 aliphatic rings. The zero-order chi connectivity index (χ0) is 9.84. The molecule has 0 aromatic carbocycles. The molecule has 2 unspecified atom stereocenters. The molecule has 13 heavy (non-hydrogen) atoms. The van der Waals surface area contributed by atoms with Gasteiger partial charge in [0.1, 0.15) is 0 Å². The summed E-state index contributed by atoms with van der Waals surface area (Å²) < 4.78 is 5.53. The number of hydrazine groups is 1. The molecule has 1 aliphatic heterocycles. The van der Waals surface area contributed by atoms with Crippen molar-refractivity contribution in [3.8, 4) is 0 Å². The van der Waals surface area contributed by atoms with E-state index in [1.54, 1.807) is 0 Å². The van der Waals surface area contributed by atoms with E-state index < -0.39 is 0 Å². The highest BCUT2D eigenvalue weighted by Crippen LogP contribution is 2.09. The van der Waals surface area contributed by atoms with E-state index in [1.165, 1.54) is 0 Å². The zero-order valence-electron chi connectivity index (χ0n) is 8.12. The third-order valence-electron chi connectivity index (χ3n) is 2.02. The maximum atomic E-state index is 11.0. The standard InChI is InChI=1S/C8H17N3O2/c1-6-3-11(4-7(2)13-6)5-8(12)10-9/h6-7H,3-5,9H2,1-2H3,(H,10,12). The van der Waals surface area contributed by atoms with Crippen molar-refractivity contribution in [2.45, 2.75) is 26.1 Å². The molecule has 0 aliphatic carbocycles. The number of nitrogens with one attached hydrogen (secondary N) is 1. The van der Waals surface area contributed by atoms with Gasteiger partial charge in [0.2, 0.25) is 5.91 Å². The highest BCUT2D eigenvalue weighted by atomic mass is 16.5. The van der Waals surface area contributed by atoms with E-state index in [0.717, 1.165) is 13.1 Å². The van der Waals surface area contributed by atoms with Gasteiger partial charge in [-0.2, -0.15) is 0 Å². The lowest BCUT2D eigenvalue weighted by atomic mass is 10.2. The van der Waals surface area contributed by atoms with Crippen LogP contribution in [0.2, 0.25) is 0 Å². The fourth-order valence-corrected chi connectivity index (χ4v) is 1.66. The number of nitrogens with zero attached hydrogens (tertiary/aromatic N) is 1. The highest BCUT2D eigenvalue weighted by molar-refractivity contribution is 5.77. The van der Waals surface area contributed by atoms with E-state index in [9.17, 15) is 4.79 Å². The number of ether oxygens (including phenoxy) is 1. The van der Waals surface area contributed by atoms with Crippen LogP contribution in [0.4, 0.5) is 0 Å². The summed E-state index contributed by atoms with van der Waals surface area (Å²) in [5, 5.41) is 0. The Hall–Kier alpha value is -0.650. The second-order valence-electron chi connectivity index (χ2n) is 3.52. The van der Waals surface area contributed by atoms with Crippen LogP contribution in [-0.2, 0) is 9.53 Å². The first kappa shape index (κ1) is 10.4. The molecule has 0 bridgehead atoms. The molecule has 76 valence electrons. The van der Waals surface area contributed by atoms with Gasteiger partial charge in [0.05, 0.1) is 18.8 Å². The molecule has 0 aromatic heterocycles. The van der Waals surface area contributed by atoms with Gasteiger partial charge in [-0.15, -0.1) is 0 Å². The van der Waals surface area contributed by atoms with Crippen LogP contribution in [0.5, 0.6) is 0 Å².